The molecule has 0 aromatic rings. The highest BCUT2D eigenvalue weighted by Crippen LogP contribution is 2.39. The van der Waals surface area contributed by atoms with Crippen LogP contribution in [0.5, 0.6) is 0 Å². The van der Waals surface area contributed by atoms with E-state index in [-0.39, 0.29) is 0 Å². The predicted octanol–water partition coefficient (Wildman–Crippen LogP) is -8.04. The van der Waals surface area contributed by atoms with Crippen LogP contribution in [0.15, 0.2) is 0 Å². The van der Waals surface area contributed by atoms with Crippen molar-refractivity contribution in [3.05, 3.63) is 0 Å². The number of aliphatic hydroxyl groups excluding tert-OH is 10. The Balaban J connectivity index is 1.90. The van der Waals surface area contributed by atoms with Gasteiger partial charge in [-0.05, 0) is 0 Å². The van der Waals surface area contributed by atoms with E-state index in [0.29, 0.717) is 0 Å². The van der Waals surface area contributed by atoms with Crippen molar-refractivity contribution in [3.8, 4) is 0 Å². The third kappa shape index (κ3) is 7.41. The summed E-state index contributed by atoms with van der Waals surface area (Å²) in [6.45, 7) is -3.41. The zero-order chi connectivity index (χ0) is 34.9. The SMILES string of the molecule is O=C(O)[C@@]1(O[C@@H]2C[C@](O)(C(=O)O)O[C@H](C(O)CO[C@]3(C(=O)O)C[C@@H](O)[C@@H](O)[C@@H]([C@H](O)CO)O3)[C@@H]2O)C[C@@H](O)[C@@H](O)[C@@H]([C@H](O)CO)O1. The summed E-state index contributed by atoms with van der Waals surface area (Å²) in [4.78, 5) is 36.3. The number of carbonyl (C=O) groups is 3. The monoisotopic (exact) mass is 678 g/mol. The van der Waals surface area contributed by atoms with Crippen LogP contribution in [0.25, 0.3) is 0 Å². The van der Waals surface area contributed by atoms with Gasteiger partial charge >= 0.3 is 17.9 Å². The van der Waals surface area contributed by atoms with E-state index in [9.17, 15) is 85.9 Å². The van der Waals surface area contributed by atoms with Crippen LogP contribution >= 0.6 is 0 Å². The van der Waals surface area contributed by atoms with Crippen molar-refractivity contribution in [3.63, 3.8) is 0 Å². The van der Waals surface area contributed by atoms with Crippen LogP contribution in [0.4, 0.5) is 0 Å². The first kappa shape index (κ1) is 38.2. The van der Waals surface area contributed by atoms with E-state index in [4.69, 9.17) is 23.7 Å². The summed E-state index contributed by atoms with van der Waals surface area (Å²) in [5.74, 6) is -15.5. The van der Waals surface area contributed by atoms with Crippen molar-refractivity contribution >= 4 is 17.9 Å². The number of aliphatic hydroxyl groups is 11. The van der Waals surface area contributed by atoms with Crippen molar-refractivity contribution in [1.29, 1.82) is 0 Å². The molecule has 0 amide bonds. The minimum absolute atomic E-state index is 1.02. The molecule has 3 aliphatic rings. The Morgan fingerprint density at radius 3 is 1.52 bits per heavy atom. The van der Waals surface area contributed by atoms with Gasteiger partial charge in [-0.2, -0.15) is 0 Å². The van der Waals surface area contributed by atoms with Crippen molar-refractivity contribution in [1.82, 2.24) is 0 Å². The van der Waals surface area contributed by atoms with Crippen LogP contribution < -0.4 is 0 Å². The maximum absolute atomic E-state index is 12.3. The van der Waals surface area contributed by atoms with Crippen molar-refractivity contribution in [2.45, 2.75) is 110 Å². The first-order chi connectivity index (χ1) is 21.3. The van der Waals surface area contributed by atoms with Crippen LogP contribution in [0.2, 0.25) is 0 Å². The number of carboxylic acid groups (broad SMARTS) is 3. The van der Waals surface area contributed by atoms with Crippen LogP contribution in [-0.4, -0.2) is 200 Å². The molecular weight excluding hydrogens is 640 g/mol. The minimum atomic E-state index is -3.34. The second-order valence-electron chi connectivity index (χ2n) is 11.2. The second kappa shape index (κ2) is 14.5. The number of hydrogen-bond acceptors (Lipinski definition) is 19. The average Bonchev–Trinajstić information content (AvgIpc) is 2.99. The Morgan fingerprint density at radius 1 is 0.652 bits per heavy atom. The lowest BCUT2D eigenvalue weighted by atomic mass is 9.90. The third-order valence-electron chi connectivity index (χ3n) is 7.92. The topological polar surface area (TPSA) is 381 Å². The van der Waals surface area contributed by atoms with Crippen molar-refractivity contribution < 1.29 is 110 Å². The third-order valence-corrected chi connectivity index (χ3v) is 7.92. The lowest BCUT2D eigenvalue weighted by Crippen LogP contribution is -2.68. The Labute approximate surface area is 257 Å². The number of ether oxygens (including phenoxy) is 5. The normalized spacial score (nSPS) is 43.8. The molecule has 0 radical (unpaired) electrons. The quantitative estimate of drug-likeness (QED) is 0.0859. The molecule has 3 aliphatic heterocycles. The van der Waals surface area contributed by atoms with E-state index >= 15 is 0 Å². The lowest BCUT2D eigenvalue weighted by Gasteiger charge is -2.49. The van der Waals surface area contributed by atoms with Gasteiger partial charge in [0.15, 0.2) is 0 Å². The highest BCUT2D eigenvalue weighted by Gasteiger charge is 2.61. The van der Waals surface area contributed by atoms with Gasteiger partial charge in [0.2, 0.25) is 0 Å². The molecule has 0 saturated carbocycles. The molecule has 3 rings (SSSR count). The van der Waals surface area contributed by atoms with Gasteiger partial charge in [-0.15, -0.1) is 0 Å². The Bertz CT molecular complexity index is 1090. The summed E-state index contributed by atoms with van der Waals surface area (Å²) < 4.78 is 25.9. The lowest BCUT2D eigenvalue weighted by molar-refractivity contribution is -0.372. The summed E-state index contributed by atoms with van der Waals surface area (Å²) in [6.07, 6.45) is -28.1. The molecule has 3 heterocycles. The smallest absolute Gasteiger partial charge is 0.364 e. The molecule has 14 N–H and O–H groups in total. The number of hydrogen-bond donors (Lipinski definition) is 14. The summed E-state index contributed by atoms with van der Waals surface area (Å²) in [5, 5.41) is 141. The van der Waals surface area contributed by atoms with E-state index in [2.05, 4.69) is 0 Å². The van der Waals surface area contributed by atoms with Gasteiger partial charge in [0.05, 0.1) is 38.1 Å². The average molecular weight is 679 g/mol. The Kier molecular flexibility index (Phi) is 12.0. The second-order valence-corrected chi connectivity index (χ2v) is 11.2. The van der Waals surface area contributed by atoms with Gasteiger partial charge in [0.25, 0.3) is 17.4 Å². The predicted molar refractivity (Wildman–Crippen MR) is 135 cm³/mol. The maximum Gasteiger partial charge on any atom is 0.364 e. The van der Waals surface area contributed by atoms with Crippen molar-refractivity contribution in [2.24, 2.45) is 0 Å². The standard InChI is InChI=1S/C24H38O22/c25-4-9(29)16-13(32)7(27)1-23(45-16,20(37)38)42-6-11(31)18-15(34)12(3-22(41,44-18)19(35)36)43-24(21(39)40)2-8(28)14(33)17(46-24)10(30)5-26/h7-18,25-34,41H,1-6H2,(H,35,36)(H,37,38)(H,39,40)/t7-,8-,9-,10-,11?,12-,13-,14-,15-,16-,17-,18-,22-,23-,24-/m1/s1. The van der Waals surface area contributed by atoms with E-state index in [1.165, 1.54) is 0 Å². The van der Waals surface area contributed by atoms with Gasteiger partial charge in [0, 0.05) is 19.3 Å². The van der Waals surface area contributed by atoms with Gasteiger partial charge in [0.1, 0.15) is 54.9 Å². The Hall–Kier alpha value is -2.23. The fraction of sp³-hybridized carbons (Fsp3) is 0.875. The van der Waals surface area contributed by atoms with Crippen LogP contribution in [0.3, 0.4) is 0 Å². The fourth-order valence-electron chi connectivity index (χ4n) is 5.34. The molecule has 22 nitrogen and oxygen atoms in total. The largest absolute Gasteiger partial charge is 0.477 e. The molecule has 15 atom stereocenters. The fourth-order valence-corrected chi connectivity index (χ4v) is 5.34. The molecule has 1 unspecified atom stereocenters. The van der Waals surface area contributed by atoms with E-state index < -0.39 is 148 Å². The van der Waals surface area contributed by atoms with Gasteiger partial charge < -0.3 is 95.2 Å². The van der Waals surface area contributed by atoms with E-state index in [0.717, 1.165) is 0 Å². The maximum atomic E-state index is 12.3. The molecule has 3 fully saturated rings. The molecule has 46 heavy (non-hydrogen) atoms. The molecular formula is C24H38O22. The number of carboxylic acids is 3. The molecule has 0 spiro atoms. The summed E-state index contributed by atoms with van der Waals surface area (Å²) in [5.41, 5.74) is 0. The molecule has 22 heteroatoms. The van der Waals surface area contributed by atoms with E-state index in [1.54, 1.807) is 0 Å². The Morgan fingerprint density at radius 2 is 1.09 bits per heavy atom. The molecule has 0 aromatic carbocycles. The van der Waals surface area contributed by atoms with Crippen molar-refractivity contribution in [2.75, 3.05) is 19.8 Å². The molecule has 0 aliphatic carbocycles. The minimum Gasteiger partial charge on any atom is -0.477 e. The molecule has 266 valence electrons. The molecule has 3 saturated heterocycles. The van der Waals surface area contributed by atoms with Crippen LogP contribution in [0, 0.1) is 0 Å². The summed E-state index contributed by atoms with van der Waals surface area (Å²) in [7, 11) is 0. The summed E-state index contributed by atoms with van der Waals surface area (Å²) in [6, 6.07) is 0. The van der Waals surface area contributed by atoms with Crippen LogP contribution in [0.1, 0.15) is 19.3 Å². The highest BCUT2D eigenvalue weighted by molar-refractivity contribution is 5.77. The number of rotatable bonds is 13. The molecule has 0 bridgehead atoms. The number of aliphatic carboxylic acids is 3. The van der Waals surface area contributed by atoms with E-state index in [1.807, 2.05) is 0 Å². The highest BCUT2D eigenvalue weighted by atomic mass is 16.8. The molecule has 0 aromatic heterocycles. The van der Waals surface area contributed by atoms with Gasteiger partial charge in [-0.1, -0.05) is 0 Å². The first-order valence-corrected chi connectivity index (χ1v) is 13.7. The zero-order valence-electron chi connectivity index (χ0n) is 23.7. The van der Waals surface area contributed by atoms with Crippen LogP contribution in [-0.2, 0) is 38.1 Å². The summed E-state index contributed by atoms with van der Waals surface area (Å²) >= 11 is 0. The van der Waals surface area contributed by atoms with Gasteiger partial charge in [-0.3, -0.25) is 0 Å². The van der Waals surface area contributed by atoms with Gasteiger partial charge in [-0.25, -0.2) is 14.4 Å². The first-order valence-electron chi connectivity index (χ1n) is 13.7. The zero-order valence-corrected chi connectivity index (χ0v) is 23.7.